The minimum absolute atomic E-state index is 0.186. The number of aliphatic hydroxyl groups is 1. The summed E-state index contributed by atoms with van der Waals surface area (Å²) in [4.78, 5) is 2.19. The summed E-state index contributed by atoms with van der Waals surface area (Å²) >= 11 is 0. The van der Waals surface area contributed by atoms with Gasteiger partial charge in [-0.05, 0) is 7.05 Å². The number of hydrogen-bond acceptors (Lipinski definition) is 2. The second-order valence-electron chi connectivity index (χ2n) is 3.48. The van der Waals surface area contributed by atoms with Crippen LogP contribution in [-0.2, 0) is 0 Å². The first-order valence-corrected chi connectivity index (χ1v) is 3.97. The molecule has 1 saturated heterocycles. The average Bonchev–Trinajstić information content (AvgIpc) is 1.98. The van der Waals surface area contributed by atoms with Crippen molar-refractivity contribution in [1.29, 1.82) is 0 Å². The van der Waals surface area contributed by atoms with Crippen LogP contribution in [0.3, 0.4) is 0 Å². The molecule has 0 spiro atoms. The van der Waals surface area contributed by atoms with E-state index in [2.05, 4.69) is 10.8 Å². The van der Waals surface area contributed by atoms with Gasteiger partial charge in [0.25, 0.3) is 0 Å². The Labute approximate surface area is 68.2 Å². The molecule has 0 aromatic rings. The van der Waals surface area contributed by atoms with Crippen LogP contribution in [0.4, 0.5) is 0 Å². The molecular weight excluding hydrogens is 138 g/mol. The summed E-state index contributed by atoms with van der Waals surface area (Å²) < 4.78 is 0. The van der Waals surface area contributed by atoms with Gasteiger partial charge in [-0.2, -0.15) is 0 Å². The van der Waals surface area contributed by atoms with Gasteiger partial charge in [-0.1, -0.05) is 12.8 Å². The fourth-order valence-corrected chi connectivity index (χ4v) is 1.53. The summed E-state index contributed by atoms with van der Waals surface area (Å²) in [6.07, 6.45) is 5.95. The molecule has 11 heavy (non-hydrogen) atoms. The Morgan fingerprint density at radius 2 is 2.36 bits per heavy atom. The number of rotatable bonds is 0. The first kappa shape index (κ1) is 8.58. The molecule has 0 saturated carbocycles. The first-order chi connectivity index (χ1) is 5.08. The quantitative estimate of drug-likeness (QED) is 0.507. The van der Waals surface area contributed by atoms with Gasteiger partial charge in [-0.25, -0.2) is 0 Å². The van der Waals surface area contributed by atoms with Crippen LogP contribution < -0.4 is 0 Å². The Bertz CT molecular complexity index is 184. The Morgan fingerprint density at radius 3 is 2.82 bits per heavy atom. The van der Waals surface area contributed by atoms with E-state index in [1.807, 2.05) is 14.0 Å². The zero-order chi connectivity index (χ0) is 8.48. The summed E-state index contributed by atoms with van der Waals surface area (Å²) in [5, 5.41) is 9.80. The third kappa shape index (κ3) is 1.55. The van der Waals surface area contributed by atoms with Crippen LogP contribution >= 0.6 is 0 Å². The molecule has 2 heteroatoms. The van der Waals surface area contributed by atoms with E-state index in [9.17, 15) is 5.11 Å². The van der Waals surface area contributed by atoms with E-state index in [1.165, 1.54) is 0 Å². The molecule has 0 aromatic carbocycles. The predicted octanol–water partition coefficient (Wildman–Crippen LogP) is 0.322. The van der Waals surface area contributed by atoms with E-state index < -0.39 is 5.60 Å². The summed E-state index contributed by atoms with van der Waals surface area (Å²) in [5.74, 6) is 2.67. The summed E-state index contributed by atoms with van der Waals surface area (Å²) in [6.45, 7) is 3.78. The molecule has 1 rings (SSSR count). The lowest BCUT2D eigenvalue weighted by Gasteiger charge is -2.38. The Morgan fingerprint density at radius 1 is 1.73 bits per heavy atom. The van der Waals surface area contributed by atoms with E-state index in [1.54, 1.807) is 0 Å². The second-order valence-corrected chi connectivity index (χ2v) is 3.48. The molecule has 1 aliphatic rings. The second kappa shape index (κ2) is 2.84. The molecule has 2 atom stereocenters. The van der Waals surface area contributed by atoms with E-state index in [0.29, 0.717) is 6.42 Å². The van der Waals surface area contributed by atoms with E-state index in [0.717, 1.165) is 13.1 Å². The highest BCUT2D eigenvalue weighted by atomic mass is 16.3. The summed E-state index contributed by atoms with van der Waals surface area (Å²) in [5.41, 5.74) is -0.855. The minimum Gasteiger partial charge on any atom is -0.377 e. The smallest absolute Gasteiger partial charge is 0.130 e. The third-order valence-corrected chi connectivity index (χ3v) is 2.53. The molecule has 0 bridgehead atoms. The number of nitrogens with zero attached hydrogens (tertiary/aromatic N) is 1. The molecule has 2 nitrogen and oxygen atoms in total. The zero-order valence-corrected chi connectivity index (χ0v) is 7.17. The lowest BCUT2D eigenvalue weighted by atomic mass is 9.83. The van der Waals surface area contributed by atoms with Gasteiger partial charge in [0, 0.05) is 25.4 Å². The van der Waals surface area contributed by atoms with Gasteiger partial charge in [0.1, 0.15) is 5.60 Å². The van der Waals surface area contributed by atoms with Crippen LogP contribution in [0.15, 0.2) is 0 Å². The maximum Gasteiger partial charge on any atom is 0.130 e. The maximum atomic E-state index is 9.80. The number of terminal acetylenes is 1. The SMILES string of the molecule is C#C[C@@]1(O)CCN(C)C[C@@H]1C. The van der Waals surface area contributed by atoms with Crippen LogP contribution in [-0.4, -0.2) is 35.7 Å². The molecule has 0 aromatic heterocycles. The van der Waals surface area contributed by atoms with Gasteiger partial charge in [0.2, 0.25) is 0 Å². The van der Waals surface area contributed by atoms with Crippen LogP contribution in [0.5, 0.6) is 0 Å². The minimum atomic E-state index is -0.855. The van der Waals surface area contributed by atoms with Crippen molar-refractivity contribution in [2.24, 2.45) is 5.92 Å². The Balaban J connectivity index is 2.66. The topological polar surface area (TPSA) is 23.5 Å². The van der Waals surface area contributed by atoms with Crippen molar-refractivity contribution in [2.75, 3.05) is 20.1 Å². The molecule has 0 aliphatic carbocycles. The van der Waals surface area contributed by atoms with Gasteiger partial charge in [0.15, 0.2) is 0 Å². The van der Waals surface area contributed by atoms with Gasteiger partial charge >= 0.3 is 0 Å². The molecule has 62 valence electrons. The van der Waals surface area contributed by atoms with E-state index in [4.69, 9.17) is 6.42 Å². The lowest BCUT2D eigenvalue weighted by Crippen LogP contribution is -2.48. The number of piperidine rings is 1. The first-order valence-electron chi connectivity index (χ1n) is 3.97. The zero-order valence-electron chi connectivity index (χ0n) is 7.17. The maximum absolute atomic E-state index is 9.80. The highest BCUT2D eigenvalue weighted by Crippen LogP contribution is 2.25. The largest absolute Gasteiger partial charge is 0.377 e. The fraction of sp³-hybridized carbons (Fsp3) is 0.778. The Kier molecular flexibility index (Phi) is 2.22. The molecule has 1 aliphatic heterocycles. The average molecular weight is 153 g/mol. The van der Waals surface area contributed by atoms with Gasteiger partial charge < -0.3 is 10.0 Å². The highest BCUT2D eigenvalue weighted by Gasteiger charge is 2.35. The van der Waals surface area contributed by atoms with Crippen molar-refractivity contribution in [1.82, 2.24) is 4.90 Å². The standard InChI is InChI=1S/C9H15NO/c1-4-9(11)5-6-10(3)7-8(9)2/h1,8,11H,5-7H2,2-3H3/t8-,9+/m0/s1. The van der Waals surface area contributed by atoms with Crippen molar-refractivity contribution >= 4 is 0 Å². The summed E-state index contributed by atoms with van der Waals surface area (Å²) in [6, 6.07) is 0. The van der Waals surface area contributed by atoms with Crippen LogP contribution in [0, 0.1) is 18.3 Å². The normalized spacial score (nSPS) is 40.0. The fourth-order valence-electron chi connectivity index (χ4n) is 1.53. The van der Waals surface area contributed by atoms with Crippen molar-refractivity contribution in [3.8, 4) is 12.3 Å². The Hall–Kier alpha value is -0.520. The molecule has 0 radical (unpaired) electrons. The van der Waals surface area contributed by atoms with Crippen LogP contribution in [0.25, 0.3) is 0 Å². The molecule has 0 amide bonds. The molecule has 0 unspecified atom stereocenters. The van der Waals surface area contributed by atoms with Crippen LogP contribution in [0.2, 0.25) is 0 Å². The predicted molar refractivity (Wildman–Crippen MR) is 45.1 cm³/mol. The summed E-state index contributed by atoms with van der Waals surface area (Å²) in [7, 11) is 2.05. The molecule has 1 fully saturated rings. The van der Waals surface area contributed by atoms with Crippen molar-refractivity contribution in [2.45, 2.75) is 18.9 Å². The van der Waals surface area contributed by atoms with Crippen molar-refractivity contribution in [3.63, 3.8) is 0 Å². The van der Waals surface area contributed by atoms with Crippen molar-refractivity contribution < 1.29 is 5.11 Å². The van der Waals surface area contributed by atoms with E-state index in [-0.39, 0.29) is 5.92 Å². The van der Waals surface area contributed by atoms with Gasteiger partial charge in [0.05, 0.1) is 0 Å². The molecule has 1 N–H and O–H groups in total. The van der Waals surface area contributed by atoms with Gasteiger partial charge in [-0.15, -0.1) is 6.42 Å². The lowest BCUT2D eigenvalue weighted by molar-refractivity contribution is -0.0123. The number of likely N-dealkylation sites (tertiary alicyclic amines) is 1. The molecule has 1 heterocycles. The third-order valence-electron chi connectivity index (χ3n) is 2.53. The highest BCUT2D eigenvalue weighted by molar-refractivity contribution is 5.11. The van der Waals surface area contributed by atoms with E-state index >= 15 is 0 Å². The van der Waals surface area contributed by atoms with Crippen molar-refractivity contribution in [3.05, 3.63) is 0 Å². The molecular formula is C9H15NO. The monoisotopic (exact) mass is 153 g/mol. The van der Waals surface area contributed by atoms with Crippen LogP contribution in [0.1, 0.15) is 13.3 Å². The van der Waals surface area contributed by atoms with Gasteiger partial charge in [-0.3, -0.25) is 0 Å². The number of hydrogen-bond donors (Lipinski definition) is 1.